The van der Waals surface area contributed by atoms with Crippen LogP contribution in [0.3, 0.4) is 0 Å². The molecule has 0 aromatic carbocycles. The number of nitrogens with zero attached hydrogens (tertiary/aromatic N) is 2. The van der Waals surface area contributed by atoms with E-state index in [1.807, 2.05) is 19.9 Å². The van der Waals surface area contributed by atoms with Crippen LogP contribution in [0, 0.1) is 13.8 Å². The molecule has 20 heavy (non-hydrogen) atoms. The maximum atomic E-state index is 11.5. The van der Waals surface area contributed by atoms with E-state index in [-0.39, 0.29) is 31.4 Å². The molecule has 7 nitrogen and oxygen atoms in total. The van der Waals surface area contributed by atoms with Crippen LogP contribution in [-0.2, 0) is 14.3 Å². The first kappa shape index (κ1) is 16.4. The van der Waals surface area contributed by atoms with Gasteiger partial charge in [0.2, 0.25) is 5.91 Å². The lowest BCUT2D eigenvalue weighted by Gasteiger charge is -2.05. The number of aryl methyl sites for hydroxylation is 2. The fourth-order valence-electron chi connectivity index (χ4n) is 1.36. The zero-order valence-electron chi connectivity index (χ0n) is 11.4. The van der Waals surface area contributed by atoms with E-state index in [9.17, 15) is 9.59 Å². The predicted molar refractivity (Wildman–Crippen MR) is 73.7 cm³/mol. The molecule has 0 bridgehead atoms. The average molecular weight is 299 g/mol. The van der Waals surface area contributed by atoms with Gasteiger partial charge in [0.05, 0.1) is 12.4 Å². The first-order valence-electron chi connectivity index (χ1n) is 5.98. The quantitative estimate of drug-likeness (QED) is 0.407. The molecule has 1 heterocycles. The molecule has 0 aliphatic rings. The van der Waals surface area contributed by atoms with Crippen molar-refractivity contribution in [3.05, 3.63) is 17.5 Å². The smallest absolute Gasteiger partial charge is 0.329 e. The molecular formula is C12H17N3O4S. The summed E-state index contributed by atoms with van der Waals surface area (Å²) in [6, 6.07) is 1.87. The second kappa shape index (κ2) is 8.49. The standard InChI is InChI=1S/C12H17N3O4S/c1-8-5-9(2)15-12(14-8)20-7-10(16)13-3-4-19-6-11(17)18/h5H,3-4,6-7H2,1-2H3,(H,13,16)(H,17,18). The molecule has 1 rings (SSSR count). The third kappa shape index (κ3) is 7.05. The minimum atomic E-state index is -1.03. The van der Waals surface area contributed by atoms with E-state index in [0.717, 1.165) is 11.4 Å². The molecule has 0 fully saturated rings. The number of thioether (sulfide) groups is 1. The first-order valence-corrected chi connectivity index (χ1v) is 6.97. The fourth-order valence-corrected chi connectivity index (χ4v) is 2.14. The van der Waals surface area contributed by atoms with Gasteiger partial charge in [-0.15, -0.1) is 0 Å². The topological polar surface area (TPSA) is 101 Å². The van der Waals surface area contributed by atoms with Crippen LogP contribution in [0.1, 0.15) is 11.4 Å². The number of hydrogen-bond donors (Lipinski definition) is 2. The van der Waals surface area contributed by atoms with Crippen molar-refractivity contribution in [2.24, 2.45) is 0 Å². The lowest BCUT2D eigenvalue weighted by Crippen LogP contribution is -2.29. The van der Waals surface area contributed by atoms with Crippen LogP contribution in [0.15, 0.2) is 11.2 Å². The molecule has 0 saturated heterocycles. The second-order valence-electron chi connectivity index (χ2n) is 4.02. The molecule has 0 saturated carbocycles. The highest BCUT2D eigenvalue weighted by Crippen LogP contribution is 2.13. The molecule has 1 aromatic rings. The van der Waals surface area contributed by atoms with Gasteiger partial charge < -0.3 is 15.2 Å². The summed E-state index contributed by atoms with van der Waals surface area (Å²) in [7, 11) is 0. The van der Waals surface area contributed by atoms with Gasteiger partial charge >= 0.3 is 5.97 Å². The number of carboxylic acid groups (broad SMARTS) is 1. The highest BCUT2D eigenvalue weighted by atomic mass is 32.2. The fraction of sp³-hybridized carbons (Fsp3) is 0.500. The highest BCUT2D eigenvalue weighted by Gasteiger charge is 2.05. The molecule has 2 N–H and O–H groups in total. The number of hydrogen-bond acceptors (Lipinski definition) is 6. The highest BCUT2D eigenvalue weighted by molar-refractivity contribution is 7.99. The van der Waals surface area contributed by atoms with Crippen molar-refractivity contribution in [3.8, 4) is 0 Å². The van der Waals surface area contributed by atoms with Gasteiger partial charge in [0.25, 0.3) is 0 Å². The van der Waals surface area contributed by atoms with Gasteiger partial charge in [0.15, 0.2) is 5.16 Å². The number of carbonyl (C=O) groups excluding carboxylic acids is 1. The Labute approximate surface area is 121 Å². The minimum Gasteiger partial charge on any atom is -0.480 e. The number of amides is 1. The zero-order valence-corrected chi connectivity index (χ0v) is 12.2. The van der Waals surface area contributed by atoms with Crippen LogP contribution in [-0.4, -0.2) is 52.5 Å². The summed E-state index contributed by atoms with van der Waals surface area (Å²) in [5, 5.41) is 11.5. The Bertz CT molecular complexity index is 462. The van der Waals surface area contributed by atoms with Crippen molar-refractivity contribution < 1.29 is 19.4 Å². The van der Waals surface area contributed by atoms with Gasteiger partial charge in [-0.05, 0) is 19.9 Å². The molecular weight excluding hydrogens is 282 g/mol. The summed E-state index contributed by atoms with van der Waals surface area (Å²) < 4.78 is 4.79. The lowest BCUT2D eigenvalue weighted by atomic mass is 10.4. The van der Waals surface area contributed by atoms with Gasteiger partial charge in [-0.25, -0.2) is 14.8 Å². The summed E-state index contributed by atoms with van der Waals surface area (Å²) in [6.45, 7) is 3.83. The van der Waals surface area contributed by atoms with Crippen LogP contribution < -0.4 is 5.32 Å². The number of carboxylic acids is 1. The molecule has 110 valence electrons. The van der Waals surface area contributed by atoms with E-state index >= 15 is 0 Å². The summed E-state index contributed by atoms with van der Waals surface area (Å²) in [4.78, 5) is 30.1. The van der Waals surface area contributed by atoms with E-state index in [1.165, 1.54) is 11.8 Å². The van der Waals surface area contributed by atoms with E-state index in [1.54, 1.807) is 0 Å². The maximum Gasteiger partial charge on any atom is 0.329 e. The molecule has 0 unspecified atom stereocenters. The van der Waals surface area contributed by atoms with E-state index in [2.05, 4.69) is 15.3 Å². The molecule has 0 aliphatic carbocycles. The van der Waals surface area contributed by atoms with E-state index < -0.39 is 5.97 Å². The van der Waals surface area contributed by atoms with Crippen molar-refractivity contribution in [1.82, 2.24) is 15.3 Å². The summed E-state index contributed by atoms with van der Waals surface area (Å²) >= 11 is 1.26. The number of aromatic nitrogens is 2. The normalized spacial score (nSPS) is 10.3. The Morgan fingerprint density at radius 2 is 2.00 bits per heavy atom. The monoisotopic (exact) mass is 299 g/mol. The third-order valence-electron chi connectivity index (χ3n) is 2.09. The van der Waals surface area contributed by atoms with Crippen molar-refractivity contribution in [2.45, 2.75) is 19.0 Å². The average Bonchev–Trinajstić information content (AvgIpc) is 2.34. The Morgan fingerprint density at radius 3 is 2.60 bits per heavy atom. The maximum absolute atomic E-state index is 11.5. The van der Waals surface area contributed by atoms with Gasteiger partial charge in [0, 0.05) is 17.9 Å². The summed E-state index contributed by atoms with van der Waals surface area (Å²) in [6.07, 6.45) is 0. The number of carbonyl (C=O) groups is 2. The Hall–Kier alpha value is -1.67. The molecule has 8 heteroatoms. The van der Waals surface area contributed by atoms with Crippen molar-refractivity contribution in [1.29, 1.82) is 0 Å². The summed E-state index contributed by atoms with van der Waals surface area (Å²) in [5.74, 6) is -0.988. The first-order chi connectivity index (χ1) is 9.47. The molecule has 0 spiro atoms. The molecule has 1 aromatic heterocycles. The number of aliphatic carboxylic acids is 1. The van der Waals surface area contributed by atoms with E-state index in [0.29, 0.717) is 5.16 Å². The van der Waals surface area contributed by atoms with Gasteiger partial charge in [-0.3, -0.25) is 4.79 Å². The van der Waals surface area contributed by atoms with Gasteiger partial charge in [-0.2, -0.15) is 0 Å². The second-order valence-corrected chi connectivity index (χ2v) is 4.96. The van der Waals surface area contributed by atoms with Gasteiger partial charge in [-0.1, -0.05) is 11.8 Å². The van der Waals surface area contributed by atoms with Crippen molar-refractivity contribution >= 4 is 23.6 Å². The summed E-state index contributed by atoms with van der Waals surface area (Å²) in [5.41, 5.74) is 1.73. The van der Waals surface area contributed by atoms with Crippen molar-refractivity contribution in [3.63, 3.8) is 0 Å². The van der Waals surface area contributed by atoms with Crippen LogP contribution in [0.4, 0.5) is 0 Å². The lowest BCUT2D eigenvalue weighted by molar-refractivity contribution is -0.142. The number of rotatable bonds is 8. The largest absolute Gasteiger partial charge is 0.480 e. The van der Waals surface area contributed by atoms with Crippen LogP contribution >= 0.6 is 11.8 Å². The predicted octanol–water partition coefficient (Wildman–Crippen LogP) is 0.403. The number of nitrogens with one attached hydrogen (secondary N) is 1. The SMILES string of the molecule is Cc1cc(C)nc(SCC(=O)NCCOCC(=O)O)n1. The Morgan fingerprint density at radius 1 is 1.35 bits per heavy atom. The Kier molecular flexibility index (Phi) is 6.96. The van der Waals surface area contributed by atoms with Crippen LogP contribution in [0.2, 0.25) is 0 Å². The van der Waals surface area contributed by atoms with Crippen LogP contribution in [0.5, 0.6) is 0 Å². The molecule has 0 atom stereocenters. The Balaban J connectivity index is 2.21. The van der Waals surface area contributed by atoms with Crippen molar-refractivity contribution in [2.75, 3.05) is 25.5 Å². The van der Waals surface area contributed by atoms with Gasteiger partial charge in [0.1, 0.15) is 6.61 Å². The molecule has 0 aliphatic heterocycles. The molecule has 1 amide bonds. The minimum absolute atomic E-state index is 0.169. The number of ether oxygens (including phenoxy) is 1. The molecule has 0 radical (unpaired) electrons. The van der Waals surface area contributed by atoms with Crippen LogP contribution in [0.25, 0.3) is 0 Å². The zero-order chi connectivity index (χ0) is 15.0. The third-order valence-corrected chi connectivity index (χ3v) is 2.94. The van der Waals surface area contributed by atoms with E-state index in [4.69, 9.17) is 9.84 Å².